The molecule has 6 nitrogen and oxygen atoms in total. The zero-order valence-corrected chi connectivity index (χ0v) is 12.6. The van der Waals surface area contributed by atoms with Crippen molar-refractivity contribution >= 4 is 11.0 Å². The lowest BCUT2D eigenvalue weighted by Crippen LogP contribution is -2.24. The highest BCUT2D eigenvalue weighted by Crippen LogP contribution is 2.21. The SMILES string of the molecule is CCn1c(=O)n(Cc2cc(-c3ccco3)on2)c2ccccc21. The third-order valence-electron chi connectivity index (χ3n) is 3.88. The molecule has 4 rings (SSSR count). The summed E-state index contributed by atoms with van der Waals surface area (Å²) in [6.07, 6.45) is 1.58. The summed E-state index contributed by atoms with van der Waals surface area (Å²) in [7, 11) is 0. The van der Waals surface area contributed by atoms with Crippen molar-refractivity contribution in [1.82, 2.24) is 14.3 Å². The molecule has 0 atom stereocenters. The maximum absolute atomic E-state index is 12.6. The second-order valence-electron chi connectivity index (χ2n) is 5.26. The van der Waals surface area contributed by atoms with E-state index >= 15 is 0 Å². The molecule has 6 heteroatoms. The van der Waals surface area contributed by atoms with Crippen LogP contribution in [0.15, 0.2) is 62.5 Å². The Morgan fingerprint density at radius 3 is 2.52 bits per heavy atom. The van der Waals surface area contributed by atoms with Crippen LogP contribution in [0.5, 0.6) is 0 Å². The quantitative estimate of drug-likeness (QED) is 0.581. The molecule has 0 aliphatic carbocycles. The molecule has 0 N–H and O–H groups in total. The molecule has 0 aliphatic heterocycles. The van der Waals surface area contributed by atoms with E-state index in [4.69, 9.17) is 8.94 Å². The number of para-hydroxylation sites is 2. The Labute approximate surface area is 131 Å². The Balaban J connectivity index is 1.76. The molecule has 0 bridgehead atoms. The van der Waals surface area contributed by atoms with Gasteiger partial charge in [-0.05, 0) is 31.2 Å². The highest BCUT2D eigenvalue weighted by Gasteiger charge is 2.15. The van der Waals surface area contributed by atoms with E-state index in [1.807, 2.05) is 31.2 Å². The predicted octanol–water partition coefficient (Wildman–Crippen LogP) is 3.12. The van der Waals surface area contributed by atoms with Crippen LogP contribution < -0.4 is 5.69 Å². The van der Waals surface area contributed by atoms with E-state index in [2.05, 4.69) is 5.16 Å². The fraction of sp³-hybridized carbons (Fsp3) is 0.176. The van der Waals surface area contributed by atoms with E-state index in [-0.39, 0.29) is 5.69 Å². The normalized spacial score (nSPS) is 11.3. The number of hydrogen-bond acceptors (Lipinski definition) is 4. The molecule has 116 valence electrons. The van der Waals surface area contributed by atoms with Crippen molar-refractivity contribution in [2.24, 2.45) is 0 Å². The van der Waals surface area contributed by atoms with Crippen molar-refractivity contribution in [2.45, 2.75) is 20.0 Å². The van der Waals surface area contributed by atoms with Crippen LogP contribution >= 0.6 is 0 Å². The van der Waals surface area contributed by atoms with Crippen LogP contribution in [0.25, 0.3) is 22.6 Å². The monoisotopic (exact) mass is 309 g/mol. The van der Waals surface area contributed by atoms with Gasteiger partial charge in [0.05, 0.1) is 23.8 Å². The lowest BCUT2D eigenvalue weighted by Gasteiger charge is -1.98. The van der Waals surface area contributed by atoms with Crippen molar-refractivity contribution < 1.29 is 8.94 Å². The lowest BCUT2D eigenvalue weighted by atomic mass is 10.3. The van der Waals surface area contributed by atoms with E-state index < -0.39 is 0 Å². The van der Waals surface area contributed by atoms with Crippen molar-refractivity contribution in [3.8, 4) is 11.5 Å². The molecule has 1 aromatic carbocycles. The Bertz CT molecular complexity index is 1010. The molecule has 0 radical (unpaired) electrons. The van der Waals surface area contributed by atoms with Gasteiger partial charge in [-0.3, -0.25) is 9.13 Å². The van der Waals surface area contributed by atoms with Crippen molar-refractivity contribution in [2.75, 3.05) is 0 Å². The Morgan fingerprint density at radius 1 is 1.04 bits per heavy atom. The summed E-state index contributed by atoms with van der Waals surface area (Å²) >= 11 is 0. The second-order valence-corrected chi connectivity index (χ2v) is 5.26. The third-order valence-corrected chi connectivity index (χ3v) is 3.88. The van der Waals surface area contributed by atoms with Crippen LogP contribution in [-0.2, 0) is 13.1 Å². The standard InChI is InChI=1S/C17H15N3O3/c1-2-19-13-6-3-4-7-14(13)20(17(19)21)11-12-10-16(23-18-12)15-8-5-9-22-15/h3-10H,2,11H2,1H3. The first kappa shape index (κ1) is 13.6. The fourth-order valence-corrected chi connectivity index (χ4v) is 2.81. The van der Waals surface area contributed by atoms with Gasteiger partial charge in [0.15, 0.2) is 5.76 Å². The number of aromatic nitrogens is 3. The van der Waals surface area contributed by atoms with E-state index in [1.165, 1.54) is 0 Å². The number of benzene rings is 1. The Morgan fingerprint density at radius 2 is 1.83 bits per heavy atom. The smallest absolute Gasteiger partial charge is 0.329 e. The maximum Gasteiger partial charge on any atom is 0.329 e. The van der Waals surface area contributed by atoms with Crippen LogP contribution in [-0.4, -0.2) is 14.3 Å². The molecular weight excluding hydrogens is 294 g/mol. The predicted molar refractivity (Wildman–Crippen MR) is 85.2 cm³/mol. The van der Waals surface area contributed by atoms with Crippen LogP contribution in [0.4, 0.5) is 0 Å². The molecule has 0 spiro atoms. The van der Waals surface area contributed by atoms with Crippen LogP contribution in [0.3, 0.4) is 0 Å². The van der Waals surface area contributed by atoms with Gasteiger partial charge in [-0.1, -0.05) is 17.3 Å². The van der Waals surface area contributed by atoms with Gasteiger partial charge >= 0.3 is 5.69 Å². The number of imidazole rings is 1. The number of nitrogens with zero attached hydrogens (tertiary/aromatic N) is 3. The minimum atomic E-state index is -0.0451. The van der Waals surface area contributed by atoms with Crippen LogP contribution in [0.2, 0.25) is 0 Å². The zero-order chi connectivity index (χ0) is 15.8. The van der Waals surface area contributed by atoms with Gasteiger partial charge in [0.1, 0.15) is 5.69 Å². The number of fused-ring (bicyclic) bond motifs is 1. The van der Waals surface area contributed by atoms with Gasteiger partial charge in [-0.15, -0.1) is 0 Å². The molecule has 23 heavy (non-hydrogen) atoms. The molecule has 4 aromatic rings. The summed E-state index contributed by atoms with van der Waals surface area (Å²) in [6.45, 7) is 2.95. The Kier molecular flexibility index (Phi) is 3.15. The fourth-order valence-electron chi connectivity index (χ4n) is 2.81. The second kappa shape index (κ2) is 5.31. The average Bonchev–Trinajstić information content (AvgIpc) is 3.29. The van der Waals surface area contributed by atoms with Crippen molar-refractivity contribution in [3.05, 3.63) is 64.9 Å². The number of furan rings is 1. The molecule has 3 aromatic heterocycles. The first-order valence-corrected chi connectivity index (χ1v) is 7.45. The summed E-state index contributed by atoms with van der Waals surface area (Å²) in [5.41, 5.74) is 2.45. The molecule has 0 saturated carbocycles. The number of hydrogen-bond donors (Lipinski definition) is 0. The third kappa shape index (κ3) is 2.19. The summed E-state index contributed by atoms with van der Waals surface area (Å²) < 4.78 is 14.1. The maximum atomic E-state index is 12.6. The van der Waals surface area contributed by atoms with Crippen molar-refractivity contribution in [3.63, 3.8) is 0 Å². The van der Waals surface area contributed by atoms with E-state index in [0.29, 0.717) is 30.3 Å². The molecule has 0 amide bonds. The van der Waals surface area contributed by atoms with Gasteiger partial charge in [-0.25, -0.2) is 4.79 Å². The summed E-state index contributed by atoms with van der Waals surface area (Å²) in [5, 5.41) is 4.05. The number of aryl methyl sites for hydroxylation is 1. The van der Waals surface area contributed by atoms with Gasteiger partial charge < -0.3 is 8.94 Å². The zero-order valence-electron chi connectivity index (χ0n) is 12.6. The van der Waals surface area contributed by atoms with E-state index in [0.717, 1.165) is 11.0 Å². The van der Waals surface area contributed by atoms with E-state index in [9.17, 15) is 4.79 Å². The Hall–Kier alpha value is -3.02. The molecular formula is C17H15N3O3. The minimum Gasteiger partial charge on any atom is -0.461 e. The van der Waals surface area contributed by atoms with Crippen LogP contribution in [0.1, 0.15) is 12.6 Å². The van der Waals surface area contributed by atoms with Crippen LogP contribution in [0, 0.1) is 0 Å². The highest BCUT2D eigenvalue weighted by molar-refractivity contribution is 5.76. The molecule has 0 fully saturated rings. The molecule has 0 saturated heterocycles. The summed E-state index contributed by atoms with van der Waals surface area (Å²) in [4.78, 5) is 12.6. The molecule has 0 unspecified atom stereocenters. The first-order valence-electron chi connectivity index (χ1n) is 7.45. The molecule has 3 heterocycles. The topological polar surface area (TPSA) is 66.1 Å². The first-order chi connectivity index (χ1) is 11.3. The van der Waals surface area contributed by atoms with Crippen molar-refractivity contribution in [1.29, 1.82) is 0 Å². The number of rotatable bonds is 4. The van der Waals surface area contributed by atoms with Gasteiger partial charge in [0.2, 0.25) is 5.76 Å². The highest BCUT2D eigenvalue weighted by atomic mass is 16.5. The van der Waals surface area contributed by atoms with Gasteiger partial charge in [0.25, 0.3) is 0 Å². The average molecular weight is 309 g/mol. The molecule has 0 aliphatic rings. The van der Waals surface area contributed by atoms with Gasteiger partial charge in [0, 0.05) is 12.6 Å². The van der Waals surface area contributed by atoms with Gasteiger partial charge in [-0.2, -0.15) is 0 Å². The summed E-state index contributed by atoms with van der Waals surface area (Å²) in [5.74, 6) is 1.17. The minimum absolute atomic E-state index is 0.0451. The lowest BCUT2D eigenvalue weighted by molar-refractivity contribution is 0.408. The largest absolute Gasteiger partial charge is 0.461 e. The summed E-state index contributed by atoms with van der Waals surface area (Å²) in [6, 6.07) is 13.1. The van der Waals surface area contributed by atoms with E-state index in [1.54, 1.807) is 33.6 Å².